The Morgan fingerprint density at radius 1 is 1.31 bits per heavy atom. The third-order valence-electron chi connectivity index (χ3n) is 3.15. The smallest absolute Gasteiger partial charge is 0.133 e. The Morgan fingerprint density at radius 2 is 2.06 bits per heavy atom. The van der Waals surface area contributed by atoms with E-state index in [1.54, 1.807) is 21.1 Å². The van der Waals surface area contributed by atoms with Crippen molar-refractivity contribution in [1.29, 1.82) is 0 Å². The van der Waals surface area contributed by atoms with E-state index in [0.29, 0.717) is 5.92 Å². The highest BCUT2D eigenvalue weighted by Gasteiger charge is 2.43. The zero-order chi connectivity index (χ0) is 11.7. The summed E-state index contributed by atoms with van der Waals surface area (Å²) in [6, 6.07) is 5.73. The SMILES string of the molecule is COc1ccc(OC)c([C@@H]2C[C@H]2C(C)=O)c1. The van der Waals surface area contributed by atoms with Gasteiger partial charge in [0.05, 0.1) is 14.2 Å². The number of ether oxygens (including phenoxy) is 2. The van der Waals surface area contributed by atoms with E-state index in [-0.39, 0.29) is 11.7 Å². The quantitative estimate of drug-likeness (QED) is 0.781. The van der Waals surface area contributed by atoms with E-state index in [4.69, 9.17) is 9.47 Å². The first kappa shape index (κ1) is 11.0. The molecule has 0 radical (unpaired) electrons. The van der Waals surface area contributed by atoms with Gasteiger partial charge in [-0.05, 0) is 37.5 Å². The van der Waals surface area contributed by atoms with Gasteiger partial charge >= 0.3 is 0 Å². The van der Waals surface area contributed by atoms with Crippen LogP contribution in [0.1, 0.15) is 24.8 Å². The molecule has 0 aliphatic heterocycles. The van der Waals surface area contributed by atoms with Gasteiger partial charge in [-0.15, -0.1) is 0 Å². The van der Waals surface area contributed by atoms with Gasteiger partial charge in [-0.3, -0.25) is 4.79 Å². The van der Waals surface area contributed by atoms with Crippen LogP contribution in [0.15, 0.2) is 18.2 Å². The van der Waals surface area contributed by atoms with Crippen LogP contribution in [0.3, 0.4) is 0 Å². The highest BCUT2D eigenvalue weighted by molar-refractivity contribution is 5.82. The first-order valence-electron chi connectivity index (χ1n) is 5.39. The fourth-order valence-electron chi connectivity index (χ4n) is 2.12. The number of methoxy groups -OCH3 is 2. The predicted molar refractivity (Wildman–Crippen MR) is 61.1 cm³/mol. The Morgan fingerprint density at radius 3 is 2.56 bits per heavy atom. The standard InChI is InChI=1S/C13H16O3/c1-8(14)10-7-11(10)12-6-9(15-2)4-5-13(12)16-3/h4-6,10-11H,7H2,1-3H3/t10-,11+/m0/s1. The molecule has 0 N–H and O–H groups in total. The lowest BCUT2D eigenvalue weighted by Gasteiger charge is -2.09. The first-order chi connectivity index (χ1) is 7.67. The van der Waals surface area contributed by atoms with Crippen molar-refractivity contribution in [3.8, 4) is 11.5 Å². The summed E-state index contributed by atoms with van der Waals surface area (Å²) in [5.41, 5.74) is 1.09. The van der Waals surface area contributed by atoms with Crippen LogP contribution in [0.5, 0.6) is 11.5 Å². The molecule has 0 saturated heterocycles. The summed E-state index contributed by atoms with van der Waals surface area (Å²) in [5.74, 6) is 2.39. The monoisotopic (exact) mass is 220 g/mol. The summed E-state index contributed by atoms with van der Waals surface area (Å²) in [4.78, 5) is 11.3. The van der Waals surface area contributed by atoms with Crippen molar-refractivity contribution in [2.24, 2.45) is 5.92 Å². The van der Waals surface area contributed by atoms with Crippen LogP contribution >= 0.6 is 0 Å². The first-order valence-corrected chi connectivity index (χ1v) is 5.39. The highest BCUT2D eigenvalue weighted by Crippen LogP contribution is 2.51. The molecule has 16 heavy (non-hydrogen) atoms. The molecule has 0 amide bonds. The molecule has 2 rings (SSSR count). The average Bonchev–Trinajstić information content (AvgIpc) is 3.08. The van der Waals surface area contributed by atoms with Crippen molar-refractivity contribution >= 4 is 5.78 Å². The number of Topliss-reactive ketones (excluding diaryl/α,β-unsaturated/α-hetero) is 1. The van der Waals surface area contributed by atoms with Crippen molar-refractivity contribution < 1.29 is 14.3 Å². The topological polar surface area (TPSA) is 35.5 Å². The lowest BCUT2D eigenvalue weighted by atomic mass is 10.1. The maximum absolute atomic E-state index is 11.3. The van der Waals surface area contributed by atoms with Gasteiger partial charge in [0.15, 0.2) is 0 Å². The summed E-state index contributed by atoms with van der Waals surface area (Å²) >= 11 is 0. The average molecular weight is 220 g/mol. The minimum absolute atomic E-state index is 0.168. The molecule has 1 aromatic carbocycles. The molecule has 86 valence electrons. The fraction of sp³-hybridized carbons (Fsp3) is 0.462. The number of hydrogen-bond acceptors (Lipinski definition) is 3. The van der Waals surface area contributed by atoms with Crippen molar-refractivity contribution in [2.45, 2.75) is 19.3 Å². The number of hydrogen-bond donors (Lipinski definition) is 0. The van der Waals surface area contributed by atoms with Gasteiger partial charge < -0.3 is 9.47 Å². The molecule has 1 aliphatic carbocycles. The van der Waals surface area contributed by atoms with E-state index >= 15 is 0 Å². The fourth-order valence-corrected chi connectivity index (χ4v) is 2.12. The van der Waals surface area contributed by atoms with Gasteiger partial charge in [0.1, 0.15) is 17.3 Å². The summed E-state index contributed by atoms with van der Waals surface area (Å²) in [7, 11) is 3.29. The number of ketones is 1. The van der Waals surface area contributed by atoms with E-state index < -0.39 is 0 Å². The van der Waals surface area contributed by atoms with Gasteiger partial charge in [0.25, 0.3) is 0 Å². The minimum Gasteiger partial charge on any atom is -0.497 e. The van der Waals surface area contributed by atoms with E-state index in [2.05, 4.69) is 0 Å². The number of rotatable bonds is 4. The molecule has 0 aromatic heterocycles. The second kappa shape index (κ2) is 4.16. The van der Waals surface area contributed by atoms with Gasteiger partial charge in [-0.25, -0.2) is 0 Å². The molecule has 1 aliphatic rings. The van der Waals surface area contributed by atoms with Gasteiger partial charge in [-0.1, -0.05) is 0 Å². The van der Waals surface area contributed by atoms with E-state index in [9.17, 15) is 4.79 Å². The molecule has 1 saturated carbocycles. The van der Waals surface area contributed by atoms with Crippen molar-refractivity contribution in [1.82, 2.24) is 0 Å². The number of carbonyl (C=O) groups excluding carboxylic acids is 1. The van der Waals surface area contributed by atoms with Crippen LogP contribution in [-0.4, -0.2) is 20.0 Å². The lowest BCUT2D eigenvalue weighted by molar-refractivity contribution is -0.118. The van der Waals surface area contributed by atoms with Crippen LogP contribution in [-0.2, 0) is 4.79 Å². The zero-order valence-electron chi connectivity index (χ0n) is 9.82. The largest absolute Gasteiger partial charge is 0.497 e. The molecule has 0 spiro atoms. The van der Waals surface area contributed by atoms with Crippen molar-refractivity contribution in [2.75, 3.05) is 14.2 Å². The summed E-state index contributed by atoms with van der Waals surface area (Å²) < 4.78 is 10.5. The Balaban J connectivity index is 2.28. The molecule has 3 heteroatoms. The lowest BCUT2D eigenvalue weighted by Crippen LogP contribution is -1.97. The maximum Gasteiger partial charge on any atom is 0.133 e. The summed E-state index contributed by atoms with van der Waals surface area (Å²) in [6.07, 6.45) is 0.929. The van der Waals surface area contributed by atoms with Gasteiger partial charge in [0, 0.05) is 11.5 Å². The second-order valence-corrected chi connectivity index (χ2v) is 4.17. The molecule has 0 unspecified atom stereocenters. The minimum atomic E-state index is 0.168. The normalized spacial score (nSPS) is 22.7. The van der Waals surface area contributed by atoms with E-state index in [1.807, 2.05) is 18.2 Å². The molecule has 1 aromatic rings. The van der Waals surface area contributed by atoms with Crippen LogP contribution in [0, 0.1) is 5.92 Å². The Bertz CT molecular complexity index is 412. The Kier molecular flexibility index (Phi) is 2.86. The molecule has 3 nitrogen and oxygen atoms in total. The molecule has 0 bridgehead atoms. The molecular weight excluding hydrogens is 204 g/mol. The predicted octanol–water partition coefficient (Wildman–Crippen LogP) is 2.40. The van der Waals surface area contributed by atoms with Gasteiger partial charge in [0.2, 0.25) is 0 Å². The Hall–Kier alpha value is -1.51. The van der Waals surface area contributed by atoms with Gasteiger partial charge in [-0.2, -0.15) is 0 Å². The second-order valence-electron chi connectivity index (χ2n) is 4.17. The zero-order valence-corrected chi connectivity index (χ0v) is 9.82. The van der Waals surface area contributed by atoms with Crippen LogP contribution in [0.2, 0.25) is 0 Å². The third-order valence-corrected chi connectivity index (χ3v) is 3.15. The summed E-state index contributed by atoms with van der Waals surface area (Å²) in [6.45, 7) is 1.65. The number of carbonyl (C=O) groups is 1. The van der Waals surface area contributed by atoms with Crippen LogP contribution in [0.25, 0.3) is 0 Å². The Labute approximate surface area is 95.4 Å². The molecule has 1 fully saturated rings. The van der Waals surface area contributed by atoms with Crippen LogP contribution in [0.4, 0.5) is 0 Å². The molecular formula is C13H16O3. The summed E-state index contributed by atoms with van der Waals surface area (Å²) in [5, 5.41) is 0. The molecule has 0 heterocycles. The van der Waals surface area contributed by atoms with Crippen molar-refractivity contribution in [3.05, 3.63) is 23.8 Å². The third kappa shape index (κ3) is 1.90. The van der Waals surface area contributed by atoms with E-state index in [0.717, 1.165) is 23.5 Å². The van der Waals surface area contributed by atoms with Crippen molar-refractivity contribution in [3.63, 3.8) is 0 Å². The maximum atomic E-state index is 11.3. The molecule has 2 atom stereocenters. The number of benzene rings is 1. The van der Waals surface area contributed by atoms with E-state index in [1.165, 1.54) is 0 Å². The van der Waals surface area contributed by atoms with Crippen LogP contribution < -0.4 is 9.47 Å². The highest BCUT2D eigenvalue weighted by atomic mass is 16.5.